The molecule has 0 radical (unpaired) electrons. The zero-order chi connectivity index (χ0) is 20.9. The number of aliphatic hydroxyl groups excluding tert-OH is 1. The lowest BCUT2D eigenvalue weighted by atomic mass is 9.84. The summed E-state index contributed by atoms with van der Waals surface area (Å²) in [5.74, 6) is -0.400. The molecule has 2 fully saturated rings. The average Bonchev–Trinajstić information content (AvgIpc) is 3.28. The molecule has 1 N–H and O–H groups in total. The van der Waals surface area contributed by atoms with E-state index in [2.05, 4.69) is 12.7 Å². The highest BCUT2D eigenvalue weighted by atomic mass is 16.7. The lowest BCUT2D eigenvalue weighted by Gasteiger charge is -2.20. The molecule has 0 bridgehead atoms. The van der Waals surface area contributed by atoms with Crippen LogP contribution in [0.3, 0.4) is 0 Å². The third-order valence-electron chi connectivity index (χ3n) is 6.09. The summed E-state index contributed by atoms with van der Waals surface area (Å²) in [6.07, 6.45) is 7.53. The highest BCUT2D eigenvalue weighted by Crippen LogP contribution is 2.49. The van der Waals surface area contributed by atoms with E-state index in [-0.39, 0.29) is 42.9 Å². The zero-order valence-electron chi connectivity index (χ0n) is 17.2. The lowest BCUT2D eigenvalue weighted by Crippen LogP contribution is -2.29. The van der Waals surface area contributed by atoms with Gasteiger partial charge in [0.05, 0.1) is 12.2 Å². The maximum atomic E-state index is 12.0. The first-order valence-corrected chi connectivity index (χ1v) is 10.6. The van der Waals surface area contributed by atoms with Gasteiger partial charge in [0.1, 0.15) is 18.8 Å². The summed E-state index contributed by atoms with van der Waals surface area (Å²) in [6.45, 7) is 6.66. The Bertz CT molecular complexity index is 656. The van der Waals surface area contributed by atoms with Crippen molar-refractivity contribution < 1.29 is 33.6 Å². The summed E-state index contributed by atoms with van der Waals surface area (Å²) in [4.78, 5) is 23.8. The zero-order valence-corrected chi connectivity index (χ0v) is 17.2. The SMILES string of the molecule is C=C1C(=O)O[C@H]2[C@H]1CC/C(COC(=O)OCCCCCCO)=C\CC[C@@]1(C)O[C@@H]21. The summed E-state index contributed by atoms with van der Waals surface area (Å²) in [6, 6.07) is 0. The molecule has 0 saturated carbocycles. The largest absolute Gasteiger partial charge is 0.508 e. The Hall–Kier alpha value is -1.86. The summed E-state index contributed by atoms with van der Waals surface area (Å²) in [7, 11) is 0. The quantitative estimate of drug-likeness (QED) is 0.216. The molecular formula is C22H32O7. The standard InChI is InChI=1S/C22H32O7/c1-15-17-10-9-16(14-27-21(25)26-13-6-4-3-5-12-23)8-7-11-22(2)19(29-22)18(17)28-20(15)24/h8,17-19,23H,1,3-7,9-14H2,2H3/b16-8+/t17-,18-,19-,22+/m0/s1. The minimum Gasteiger partial charge on any atom is -0.455 e. The predicted molar refractivity (Wildman–Crippen MR) is 105 cm³/mol. The molecule has 2 aliphatic heterocycles. The fourth-order valence-electron chi connectivity index (χ4n) is 4.17. The van der Waals surface area contributed by atoms with Gasteiger partial charge >= 0.3 is 12.1 Å². The number of epoxide rings is 1. The van der Waals surface area contributed by atoms with Gasteiger partial charge in [-0.25, -0.2) is 9.59 Å². The van der Waals surface area contributed by atoms with Crippen molar-refractivity contribution in [1.29, 1.82) is 0 Å². The Labute approximate surface area is 172 Å². The highest BCUT2D eigenvalue weighted by Gasteiger charge is 2.61. The van der Waals surface area contributed by atoms with Crippen molar-refractivity contribution in [2.45, 2.75) is 76.1 Å². The van der Waals surface area contributed by atoms with Crippen LogP contribution in [0, 0.1) is 5.92 Å². The van der Waals surface area contributed by atoms with Gasteiger partial charge in [-0.05, 0) is 57.4 Å². The van der Waals surface area contributed by atoms with Crippen LogP contribution in [0.25, 0.3) is 0 Å². The number of rotatable bonds is 8. The van der Waals surface area contributed by atoms with Crippen LogP contribution in [0.4, 0.5) is 4.79 Å². The van der Waals surface area contributed by atoms with Crippen LogP contribution < -0.4 is 0 Å². The van der Waals surface area contributed by atoms with Gasteiger partial charge in [-0.2, -0.15) is 0 Å². The normalized spacial score (nSPS) is 33.0. The van der Waals surface area contributed by atoms with Crippen molar-refractivity contribution in [2.24, 2.45) is 5.92 Å². The van der Waals surface area contributed by atoms with Gasteiger partial charge in [-0.1, -0.05) is 19.1 Å². The van der Waals surface area contributed by atoms with Gasteiger partial charge in [-0.3, -0.25) is 0 Å². The molecule has 7 heteroatoms. The van der Waals surface area contributed by atoms with Gasteiger partial charge in [0, 0.05) is 18.1 Å². The van der Waals surface area contributed by atoms with Crippen LogP contribution in [-0.2, 0) is 23.7 Å². The van der Waals surface area contributed by atoms with E-state index in [9.17, 15) is 9.59 Å². The first-order chi connectivity index (χ1) is 13.9. The Kier molecular flexibility index (Phi) is 7.35. The smallest absolute Gasteiger partial charge is 0.455 e. The molecule has 0 amide bonds. The van der Waals surface area contributed by atoms with Crippen LogP contribution in [0.2, 0.25) is 0 Å². The Morgan fingerprint density at radius 1 is 1.31 bits per heavy atom. The second-order valence-corrected chi connectivity index (χ2v) is 8.32. The molecule has 0 aromatic heterocycles. The number of allylic oxidation sites excluding steroid dienone is 1. The molecule has 7 nitrogen and oxygen atoms in total. The van der Waals surface area contributed by atoms with Crippen LogP contribution in [0.5, 0.6) is 0 Å². The molecular weight excluding hydrogens is 376 g/mol. The fourth-order valence-corrected chi connectivity index (χ4v) is 4.17. The van der Waals surface area contributed by atoms with Crippen molar-refractivity contribution in [3.05, 3.63) is 23.8 Å². The molecule has 2 heterocycles. The minimum atomic E-state index is -0.663. The summed E-state index contributed by atoms with van der Waals surface area (Å²) in [5.41, 5.74) is 1.25. The van der Waals surface area contributed by atoms with E-state index in [0.29, 0.717) is 25.0 Å². The van der Waals surface area contributed by atoms with Gasteiger partial charge < -0.3 is 24.1 Å². The van der Waals surface area contributed by atoms with Crippen molar-refractivity contribution in [3.63, 3.8) is 0 Å². The number of ether oxygens (including phenoxy) is 4. The number of carbonyl (C=O) groups is 2. The van der Waals surface area contributed by atoms with E-state index in [0.717, 1.165) is 44.1 Å². The number of esters is 1. The Morgan fingerprint density at radius 2 is 2.10 bits per heavy atom. The number of unbranched alkanes of at least 4 members (excludes halogenated alkanes) is 3. The number of fused-ring (bicyclic) bond motifs is 3. The van der Waals surface area contributed by atoms with Crippen molar-refractivity contribution in [3.8, 4) is 0 Å². The van der Waals surface area contributed by atoms with Crippen molar-refractivity contribution >= 4 is 12.1 Å². The number of hydrogen-bond acceptors (Lipinski definition) is 7. The maximum Gasteiger partial charge on any atom is 0.508 e. The molecule has 3 aliphatic rings. The first-order valence-electron chi connectivity index (χ1n) is 10.6. The monoisotopic (exact) mass is 408 g/mol. The van der Waals surface area contributed by atoms with Crippen molar-refractivity contribution in [1.82, 2.24) is 0 Å². The molecule has 0 unspecified atom stereocenters. The van der Waals surface area contributed by atoms with Gasteiger partial charge in [0.25, 0.3) is 0 Å². The van der Waals surface area contributed by atoms with Crippen LogP contribution in [-0.4, -0.2) is 54.9 Å². The Morgan fingerprint density at radius 3 is 2.90 bits per heavy atom. The molecule has 0 spiro atoms. The van der Waals surface area contributed by atoms with Crippen LogP contribution in [0.1, 0.15) is 58.3 Å². The predicted octanol–water partition coefficient (Wildman–Crippen LogP) is 3.45. The molecule has 0 aromatic rings. The van der Waals surface area contributed by atoms with Crippen molar-refractivity contribution in [2.75, 3.05) is 19.8 Å². The summed E-state index contributed by atoms with van der Waals surface area (Å²) < 4.78 is 21.8. The molecule has 162 valence electrons. The molecule has 2 saturated heterocycles. The van der Waals surface area contributed by atoms with E-state index in [1.165, 1.54) is 0 Å². The Balaban J connectivity index is 1.47. The summed E-state index contributed by atoms with van der Waals surface area (Å²) >= 11 is 0. The minimum absolute atomic E-state index is 0.0609. The molecule has 4 atom stereocenters. The van der Waals surface area contributed by atoms with E-state index >= 15 is 0 Å². The topological polar surface area (TPSA) is 94.6 Å². The van der Waals surface area contributed by atoms with E-state index < -0.39 is 6.16 Å². The number of hydrogen-bond donors (Lipinski definition) is 1. The molecule has 1 aliphatic carbocycles. The van der Waals surface area contributed by atoms with E-state index in [1.54, 1.807) is 0 Å². The molecule has 0 aromatic carbocycles. The van der Waals surface area contributed by atoms with Gasteiger partial charge in [-0.15, -0.1) is 0 Å². The second kappa shape index (κ2) is 9.76. The lowest BCUT2D eigenvalue weighted by molar-refractivity contribution is -0.140. The number of carbonyl (C=O) groups excluding carboxylic acids is 2. The van der Waals surface area contributed by atoms with Crippen LogP contribution >= 0.6 is 0 Å². The van der Waals surface area contributed by atoms with Gasteiger partial charge in [0.15, 0.2) is 0 Å². The second-order valence-electron chi connectivity index (χ2n) is 8.32. The first kappa shape index (κ1) is 21.8. The van der Waals surface area contributed by atoms with Gasteiger partial charge in [0.2, 0.25) is 0 Å². The highest BCUT2D eigenvalue weighted by molar-refractivity contribution is 5.91. The average molecular weight is 408 g/mol. The molecule has 3 rings (SSSR count). The van der Waals surface area contributed by atoms with E-state index in [4.69, 9.17) is 24.1 Å². The third-order valence-corrected chi connectivity index (χ3v) is 6.09. The summed E-state index contributed by atoms with van der Waals surface area (Å²) in [5, 5.41) is 8.74. The maximum absolute atomic E-state index is 12.0. The third kappa shape index (κ3) is 5.60. The number of aliphatic hydroxyl groups is 1. The fraction of sp³-hybridized carbons (Fsp3) is 0.727. The molecule has 29 heavy (non-hydrogen) atoms. The van der Waals surface area contributed by atoms with E-state index in [1.807, 2.05) is 6.92 Å². The van der Waals surface area contributed by atoms with Crippen LogP contribution in [0.15, 0.2) is 23.8 Å².